The number of rotatable bonds is 10. The Balaban J connectivity index is 2.09. The van der Waals surface area contributed by atoms with Crippen molar-refractivity contribution in [1.29, 1.82) is 0 Å². The molecule has 4 unspecified atom stereocenters. The van der Waals surface area contributed by atoms with Crippen LogP contribution < -0.4 is 5.73 Å². The van der Waals surface area contributed by atoms with E-state index >= 15 is 0 Å². The first kappa shape index (κ1) is 17.9. The van der Waals surface area contributed by atoms with Gasteiger partial charge in [-0.1, -0.05) is 12.8 Å². The van der Waals surface area contributed by atoms with Crippen molar-refractivity contribution in [3.05, 3.63) is 0 Å². The molecule has 0 aromatic heterocycles. The molecule has 0 amide bonds. The van der Waals surface area contributed by atoms with E-state index in [-0.39, 0.29) is 12.7 Å². The van der Waals surface area contributed by atoms with Crippen LogP contribution in [0.1, 0.15) is 32.6 Å². The molecule has 0 heterocycles. The van der Waals surface area contributed by atoms with Crippen molar-refractivity contribution in [3.8, 4) is 0 Å². The minimum atomic E-state index is -0.575. The van der Waals surface area contributed by atoms with E-state index in [1.165, 1.54) is 25.7 Å². The summed E-state index contributed by atoms with van der Waals surface area (Å²) in [7, 11) is 1.64. The summed E-state index contributed by atoms with van der Waals surface area (Å²) >= 11 is 0. The second-order valence-electron chi connectivity index (χ2n) is 5.83. The lowest BCUT2D eigenvalue weighted by atomic mass is 9.80. The van der Waals surface area contributed by atoms with Crippen LogP contribution in [0.4, 0.5) is 0 Å². The Kier molecular flexibility index (Phi) is 9.39. The highest BCUT2D eigenvalue weighted by Crippen LogP contribution is 2.29. The van der Waals surface area contributed by atoms with E-state index in [9.17, 15) is 5.11 Å². The minimum Gasteiger partial charge on any atom is -0.388 e. The summed E-state index contributed by atoms with van der Waals surface area (Å²) in [4.78, 5) is 0. The maximum absolute atomic E-state index is 9.80. The zero-order valence-electron chi connectivity index (χ0n) is 12.9. The molecule has 0 radical (unpaired) electrons. The van der Waals surface area contributed by atoms with Crippen LogP contribution in [0, 0.1) is 11.8 Å². The normalized spacial score (nSPS) is 26.4. The van der Waals surface area contributed by atoms with Gasteiger partial charge in [0.05, 0.1) is 25.9 Å². The number of methoxy groups -OCH3 is 1. The van der Waals surface area contributed by atoms with Crippen molar-refractivity contribution < 1.29 is 19.3 Å². The number of ether oxygens (including phenoxy) is 3. The number of nitrogens with two attached hydrogens (primary N) is 1. The van der Waals surface area contributed by atoms with Crippen molar-refractivity contribution in [2.24, 2.45) is 17.6 Å². The molecule has 0 spiro atoms. The van der Waals surface area contributed by atoms with E-state index in [0.717, 1.165) is 6.54 Å². The van der Waals surface area contributed by atoms with Crippen molar-refractivity contribution in [2.75, 3.05) is 40.1 Å². The summed E-state index contributed by atoms with van der Waals surface area (Å²) in [6.45, 7) is 4.52. The van der Waals surface area contributed by atoms with Crippen LogP contribution >= 0.6 is 0 Å². The average Bonchev–Trinajstić information content (AvgIpc) is 2.46. The Hall–Kier alpha value is -0.200. The molecular formula is C15H31NO4. The summed E-state index contributed by atoms with van der Waals surface area (Å²) in [5, 5.41) is 9.80. The van der Waals surface area contributed by atoms with Crippen LogP contribution in [0.3, 0.4) is 0 Å². The van der Waals surface area contributed by atoms with Gasteiger partial charge >= 0.3 is 0 Å². The number of hydrogen-bond acceptors (Lipinski definition) is 5. The van der Waals surface area contributed by atoms with E-state index in [1.807, 2.05) is 6.92 Å². The van der Waals surface area contributed by atoms with Gasteiger partial charge in [-0.05, 0) is 38.1 Å². The van der Waals surface area contributed by atoms with Gasteiger partial charge in [-0.2, -0.15) is 0 Å². The molecule has 120 valence electrons. The zero-order valence-corrected chi connectivity index (χ0v) is 12.9. The lowest BCUT2D eigenvalue weighted by Gasteiger charge is -2.30. The average molecular weight is 289 g/mol. The maximum Gasteiger partial charge on any atom is 0.101 e. The first-order valence-corrected chi connectivity index (χ1v) is 7.73. The predicted molar refractivity (Wildman–Crippen MR) is 78.6 cm³/mol. The van der Waals surface area contributed by atoms with Gasteiger partial charge < -0.3 is 25.1 Å². The van der Waals surface area contributed by atoms with E-state index in [1.54, 1.807) is 7.11 Å². The Morgan fingerprint density at radius 2 is 1.85 bits per heavy atom. The summed E-state index contributed by atoms with van der Waals surface area (Å²) in [5.41, 5.74) is 5.80. The standard InChI is InChI=1S/C15H31NO4/c1-12(8-18-2)20-11-15(17)10-19-9-14-6-4-3-5-13(14)7-16/h12-15,17H,3-11,16H2,1-2H3. The molecule has 1 saturated carbocycles. The molecule has 0 aliphatic heterocycles. The first-order chi connectivity index (χ1) is 9.67. The van der Waals surface area contributed by atoms with Crippen molar-refractivity contribution >= 4 is 0 Å². The van der Waals surface area contributed by atoms with Gasteiger partial charge in [0.2, 0.25) is 0 Å². The molecule has 0 saturated heterocycles. The molecule has 3 N–H and O–H groups in total. The number of aliphatic hydroxyl groups is 1. The molecule has 5 nitrogen and oxygen atoms in total. The van der Waals surface area contributed by atoms with Crippen LogP contribution in [0.2, 0.25) is 0 Å². The fraction of sp³-hybridized carbons (Fsp3) is 1.00. The van der Waals surface area contributed by atoms with Crippen LogP contribution in [0.25, 0.3) is 0 Å². The molecule has 0 bridgehead atoms. The maximum atomic E-state index is 9.80. The molecule has 4 atom stereocenters. The smallest absolute Gasteiger partial charge is 0.101 e. The molecule has 0 aromatic carbocycles. The van der Waals surface area contributed by atoms with Gasteiger partial charge in [0.15, 0.2) is 0 Å². The SMILES string of the molecule is COCC(C)OCC(O)COCC1CCCCC1CN. The Bertz CT molecular complexity index is 240. The van der Waals surface area contributed by atoms with Gasteiger partial charge in [-0.3, -0.25) is 0 Å². The lowest BCUT2D eigenvalue weighted by Crippen LogP contribution is -2.32. The molecule has 1 rings (SSSR count). The van der Waals surface area contributed by atoms with Gasteiger partial charge in [-0.15, -0.1) is 0 Å². The third kappa shape index (κ3) is 6.99. The zero-order chi connectivity index (χ0) is 14.8. The highest BCUT2D eigenvalue weighted by Gasteiger charge is 2.24. The minimum absolute atomic E-state index is 0.00499. The van der Waals surface area contributed by atoms with Gasteiger partial charge in [-0.25, -0.2) is 0 Å². The quantitative estimate of drug-likeness (QED) is 0.632. The second kappa shape index (κ2) is 10.5. The molecule has 1 aliphatic carbocycles. The van der Waals surface area contributed by atoms with Crippen molar-refractivity contribution in [1.82, 2.24) is 0 Å². The van der Waals surface area contributed by atoms with E-state index in [0.29, 0.717) is 31.7 Å². The summed E-state index contributed by atoms with van der Waals surface area (Å²) in [5.74, 6) is 1.13. The molecule has 0 aromatic rings. The second-order valence-corrected chi connectivity index (χ2v) is 5.83. The van der Waals surface area contributed by atoms with Gasteiger partial charge in [0.1, 0.15) is 6.10 Å². The van der Waals surface area contributed by atoms with Crippen molar-refractivity contribution in [2.45, 2.75) is 44.8 Å². The van der Waals surface area contributed by atoms with Crippen LogP contribution in [-0.4, -0.2) is 57.4 Å². The monoisotopic (exact) mass is 289 g/mol. The summed E-state index contributed by atoms with van der Waals surface area (Å²) in [6.07, 6.45) is 4.38. The third-order valence-electron chi connectivity index (χ3n) is 3.99. The highest BCUT2D eigenvalue weighted by molar-refractivity contribution is 4.75. The third-order valence-corrected chi connectivity index (χ3v) is 3.99. The Morgan fingerprint density at radius 3 is 2.50 bits per heavy atom. The predicted octanol–water partition coefficient (Wildman–Crippen LogP) is 1.18. The van der Waals surface area contributed by atoms with Crippen LogP contribution in [0.5, 0.6) is 0 Å². The lowest BCUT2D eigenvalue weighted by molar-refractivity contribution is -0.0633. The summed E-state index contributed by atoms with van der Waals surface area (Å²) < 4.78 is 16.1. The van der Waals surface area contributed by atoms with Crippen LogP contribution in [-0.2, 0) is 14.2 Å². The topological polar surface area (TPSA) is 73.9 Å². The fourth-order valence-corrected chi connectivity index (χ4v) is 2.78. The van der Waals surface area contributed by atoms with Gasteiger partial charge in [0.25, 0.3) is 0 Å². The van der Waals surface area contributed by atoms with E-state index in [2.05, 4.69) is 0 Å². The molecule has 1 aliphatic rings. The molecular weight excluding hydrogens is 258 g/mol. The van der Waals surface area contributed by atoms with E-state index < -0.39 is 6.10 Å². The summed E-state index contributed by atoms with van der Waals surface area (Å²) in [6, 6.07) is 0. The molecule has 1 fully saturated rings. The Labute approximate surface area is 122 Å². The molecule has 5 heteroatoms. The molecule has 20 heavy (non-hydrogen) atoms. The fourth-order valence-electron chi connectivity index (χ4n) is 2.78. The number of hydrogen-bond donors (Lipinski definition) is 2. The Morgan fingerprint density at radius 1 is 1.15 bits per heavy atom. The largest absolute Gasteiger partial charge is 0.388 e. The van der Waals surface area contributed by atoms with E-state index in [4.69, 9.17) is 19.9 Å². The van der Waals surface area contributed by atoms with Crippen molar-refractivity contribution in [3.63, 3.8) is 0 Å². The van der Waals surface area contributed by atoms with Crippen LogP contribution in [0.15, 0.2) is 0 Å². The first-order valence-electron chi connectivity index (χ1n) is 7.73. The number of aliphatic hydroxyl groups excluding tert-OH is 1. The van der Waals surface area contributed by atoms with Gasteiger partial charge in [0, 0.05) is 13.7 Å². The highest BCUT2D eigenvalue weighted by atomic mass is 16.5.